The fourth-order valence-electron chi connectivity index (χ4n) is 3.35. The first kappa shape index (κ1) is 17.7. The van der Waals surface area contributed by atoms with E-state index in [-0.39, 0.29) is 0 Å². The van der Waals surface area contributed by atoms with Gasteiger partial charge in [-0.05, 0) is 36.2 Å². The van der Waals surface area contributed by atoms with Gasteiger partial charge in [0.15, 0.2) is 0 Å². The number of fused-ring (bicyclic) bond motifs is 1. The maximum atomic E-state index is 5.99. The van der Waals surface area contributed by atoms with E-state index in [1.807, 2.05) is 29.7 Å². The third kappa shape index (κ3) is 3.98. The van der Waals surface area contributed by atoms with E-state index in [4.69, 9.17) is 16.6 Å². The van der Waals surface area contributed by atoms with E-state index in [0.717, 1.165) is 49.7 Å². The minimum Gasteiger partial charge on any atom is -0.293 e. The van der Waals surface area contributed by atoms with E-state index in [1.54, 1.807) is 0 Å². The van der Waals surface area contributed by atoms with Crippen LogP contribution in [0.25, 0.3) is 10.4 Å². The van der Waals surface area contributed by atoms with Crippen LogP contribution in [0.4, 0.5) is 0 Å². The highest BCUT2D eigenvalue weighted by Crippen LogP contribution is 2.30. The van der Waals surface area contributed by atoms with Crippen LogP contribution in [0, 0.1) is 0 Å². The van der Waals surface area contributed by atoms with Gasteiger partial charge in [-0.15, -0.1) is 11.3 Å². The van der Waals surface area contributed by atoms with Gasteiger partial charge in [0.2, 0.25) is 0 Å². The standard InChI is InChI=1S/C21H22ClN3S/c1-2-3-21-23-12-16-13-25(11-10-19(16)24-21)14-18-8-9-20(26-18)15-4-6-17(22)7-5-15/h4-9,12H,2-3,10-11,13-14H2,1H3. The van der Waals surface area contributed by atoms with Crippen molar-refractivity contribution in [3.05, 3.63) is 69.6 Å². The molecule has 0 aliphatic carbocycles. The van der Waals surface area contributed by atoms with Crippen LogP contribution in [0.5, 0.6) is 0 Å². The van der Waals surface area contributed by atoms with Gasteiger partial charge in [-0.25, -0.2) is 9.97 Å². The lowest BCUT2D eigenvalue weighted by atomic mass is 10.1. The molecule has 0 unspecified atom stereocenters. The number of aromatic nitrogens is 2. The van der Waals surface area contributed by atoms with Crippen LogP contribution in [-0.4, -0.2) is 21.4 Å². The van der Waals surface area contributed by atoms with E-state index in [9.17, 15) is 0 Å². The second-order valence-corrected chi connectivity index (χ2v) is 8.35. The molecule has 0 saturated carbocycles. The summed E-state index contributed by atoms with van der Waals surface area (Å²) in [6, 6.07) is 12.5. The fourth-order valence-corrected chi connectivity index (χ4v) is 4.53. The van der Waals surface area contributed by atoms with Gasteiger partial charge in [0, 0.05) is 64.7 Å². The average molecular weight is 384 g/mol. The summed E-state index contributed by atoms with van der Waals surface area (Å²) in [4.78, 5) is 14.5. The Morgan fingerprint density at radius 3 is 2.81 bits per heavy atom. The Morgan fingerprint density at radius 1 is 1.15 bits per heavy atom. The Bertz CT molecular complexity index is 889. The average Bonchev–Trinajstić information content (AvgIpc) is 3.11. The molecular weight excluding hydrogens is 362 g/mol. The summed E-state index contributed by atoms with van der Waals surface area (Å²) in [5.74, 6) is 0.991. The van der Waals surface area contributed by atoms with Gasteiger partial charge in [-0.2, -0.15) is 0 Å². The zero-order chi connectivity index (χ0) is 17.9. The summed E-state index contributed by atoms with van der Waals surface area (Å²) in [6.45, 7) is 5.15. The molecule has 0 fully saturated rings. The molecule has 5 heteroatoms. The molecule has 1 aliphatic rings. The van der Waals surface area contributed by atoms with Crippen LogP contribution in [-0.2, 0) is 25.9 Å². The SMILES string of the molecule is CCCc1ncc2c(n1)CCN(Cc1ccc(-c3ccc(Cl)cc3)s1)C2. The first-order valence-corrected chi connectivity index (χ1v) is 10.3. The third-order valence-corrected chi connectivity index (χ3v) is 6.08. The Kier molecular flexibility index (Phi) is 5.34. The maximum Gasteiger partial charge on any atom is 0.128 e. The highest BCUT2D eigenvalue weighted by molar-refractivity contribution is 7.15. The van der Waals surface area contributed by atoms with Crippen molar-refractivity contribution in [2.24, 2.45) is 0 Å². The van der Waals surface area contributed by atoms with E-state index in [2.05, 4.69) is 41.1 Å². The van der Waals surface area contributed by atoms with Gasteiger partial charge < -0.3 is 0 Å². The molecule has 134 valence electrons. The summed E-state index contributed by atoms with van der Waals surface area (Å²) >= 11 is 7.85. The van der Waals surface area contributed by atoms with E-state index < -0.39 is 0 Å². The first-order valence-electron chi connectivity index (χ1n) is 9.12. The molecule has 0 N–H and O–H groups in total. The predicted octanol–water partition coefficient (Wildman–Crippen LogP) is 5.37. The number of benzene rings is 1. The monoisotopic (exact) mass is 383 g/mol. The Labute approximate surface area is 163 Å². The Morgan fingerprint density at radius 2 is 2.00 bits per heavy atom. The lowest BCUT2D eigenvalue weighted by molar-refractivity contribution is 0.244. The second-order valence-electron chi connectivity index (χ2n) is 6.74. The van der Waals surface area contributed by atoms with Crippen LogP contribution in [0.15, 0.2) is 42.6 Å². The number of nitrogens with zero attached hydrogens (tertiary/aromatic N) is 3. The molecule has 0 bridgehead atoms. The molecular formula is C21H22ClN3S. The molecule has 1 aliphatic heterocycles. The molecule has 3 nitrogen and oxygen atoms in total. The highest BCUT2D eigenvalue weighted by Gasteiger charge is 2.19. The van der Waals surface area contributed by atoms with Gasteiger partial charge in [-0.1, -0.05) is 30.7 Å². The minimum absolute atomic E-state index is 0.779. The number of hydrogen-bond acceptors (Lipinski definition) is 4. The molecule has 4 rings (SSSR count). The lowest BCUT2D eigenvalue weighted by Crippen LogP contribution is -2.30. The van der Waals surface area contributed by atoms with Crippen molar-refractivity contribution < 1.29 is 0 Å². The van der Waals surface area contributed by atoms with Gasteiger partial charge in [0.05, 0.1) is 0 Å². The number of aryl methyl sites for hydroxylation is 1. The minimum atomic E-state index is 0.779. The summed E-state index contributed by atoms with van der Waals surface area (Å²) in [5.41, 5.74) is 3.75. The third-order valence-electron chi connectivity index (χ3n) is 4.71. The van der Waals surface area contributed by atoms with E-state index >= 15 is 0 Å². The number of hydrogen-bond donors (Lipinski definition) is 0. The number of thiophene rings is 1. The molecule has 1 aromatic carbocycles. The lowest BCUT2D eigenvalue weighted by Gasteiger charge is -2.27. The normalized spacial score (nSPS) is 14.4. The molecule has 2 aromatic heterocycles. The molecule has 26 heavy (non-hydrogen) atoms. The smallest absolute Gasteiger partial charge is 0.128 e. The van der Waals surface area contributed by atoms with Crippen LogP contribution in [0.3, 0.4) is 0 Å². The largest absolute Gasteiger partial charge is 0.293 e. The van der Waals surface area contributed by atoms with Gasteiger partial charge in [0.25, 0.3) is 0 Å². The van der Waals surface area contributed by atoms with Gasteiger partial charge >= 0.3 is 0 Å². The summed E-state index contributed by atoms with van der Waals surface area (Å²) in [7, 11) is 0. The molecule has 0 radical (unpaired) electrons. The number of rotatable bonds is 5. The molecule has 0 atom stereocenters. The summed E-state index contributed by atoms with van der Waals surface area (Å²) < 4.78 is 0. The van der Waals surface area contributed by atoms with Crippen LogP contribution >= 0.6 is 22.9 Å². The van der Waals surface area contributed by atoms with Crippen molar-refractivity contribution in [3.8, 4) is 10.4 Å². The number of halogens is 1. The highest BCUT2D eigenvalue weighted by atomic mass is 35.5. The van der Waals surface area contributed by atoms with E-state index in [0.29, 0.717) is 0 Å². The van der Waals surface area contributed by atoms with Gasteiger partial charge in [-0.3, -0.25) is 4.90 Å². The molecule has 3 heterocycles. The van der Waals surface area contributed by atoms with Gasteiger partial charge in [0.1, 0.15) is 5.82 Å². The Hall–Kier alpha value is -1.75. The molecule has 0 spiro atoms. The van der Waals surface area contributed by atoms with Crippen LogP contribution in [0.2, 0.25) is 5.02 Å². The zero-order valence-electron chi connectivity index (χ0n) is 14.9. The molecule has 0 amide bonds. The van der Waals surface area contributed by atoms with Crippen molar-refractivity contribution in [2.45, 2.75) is 39.3 Å². The second kappa shape index (κ2) is 7.87. The van der Waals surface area contributed by atoms with Crippen molar-refractivity contribution in [1.29, 1.82) is 0 Å². The summed E-state index contributed by atoms with van der Waals surface area (Å²) in [5, 5.41) is 0.779. The van der Waals surface area contributed by atoms with Crippen molar-refractivity contribution >= 4 is 22.9 Å². The van der Waals surface area contributed by atoms with Crippen LogP contribution < -0.4 is 0 Å². The van der Waals surface area contributed by atoms with E-state index in [1.165, 1.54) is 26.6 Å². The first-order chi connectivity index (χ1) is 12.7. The predicted molar refractivity (Wildman–Crippen MR) is 109 cm³/mol. The van der Waals surface area contributed by atoms with Crippen molar-refractivity contribution in [2.75, 3.05) is 6.54 Å². The summed E-state index contributed by atoms with van der Waals surface area (Å²) in [6.07, 6.45) is 5.12. The molecule has 3 aromatic rings. The fraction of sp³-hybridized carbons (Fsp3) is 0.333. The zero-order valence-corrected chi connectivity index (χ0v) is 16.5. The van der Waals surface area contributed by atoms with Crippen molar-refractivity contribution in [3.63, 3.8) is 0 Å². The quantitative estimate of drug-likeness (QED) is 0.593. The Balaban J connectivity index is 1.43. The van der Waals surface area contributed by atoms with Crippen molar-refractivity contribution in [1.82, 2.24) is 14.9 Å². The van der Waals surface area contributed by atoms with Crippen LogP contribution in [0.1, 0.15) is 35.3 Å². The maximum absolute atomic E-state index is 5.99. The molecule has 0 saturated heterocycles. The topological polar surface area (TPSA) is 29.0 Å².